The predicted molar refractivity (Wildman–Crippen MR) is 69.3 cm³/mol. The van der Waals surface area contributed by atoms with E-state index in [4.69, 9.17) is 0 Å². The number of carbonyl (C=O) groups excluding carboxylic acids is 2. The van der Waals surface area contributed by atoms with Gasteiger partial charge < -0.3 is 9.80 Å². The second-order valence-corrected chi connectivity index (χ2v) is 4.76. The summed E-state index contributed by atoms with van der Waals surface area (Å²) >= 11 is 0. The number of nitrogens with zero attached hydrogens (tertiary/aromatic N) is 2. The van der Waals surface area contributed by atoms with Crippen molar-refractivity contribution in [3.05, 3.63) is 35.1 Å². The molecule has 0 aliphatic carbocycles. The lowest BCUT2D eigenvalue weighted by Gasteiger charge is -2.34. The number of aryl methyl sites for hydroxylation is 1. The topological polar surface area (TPSA) is 40.6 Å². The Bertz CT molecular complexity index is 508. The highest BCUT2D eigenvalue weighted by Gasteiger charge is 2.24. The number of hydrogen-bond donors (Lipinski definition) is 0. The highest BCUT2D eigenvalue weighted by Crippen LogP contribution is 2.14. The van der Waals surface area contributed by atoms with Gasteiger partial charge in [-0.2, -0.15) is 0 Å². The summed E-state index contributed by atoms with van der Waals surface area (Å²) in [4.78, 5) is 27.0. The van der Waals surface area contributed by atoms with Crippen molar-refractivity contribution in [1.29, 1.82) is 0 Å². The van der Waals surface area contributed by atoms with E-state index in [0.717, 1.165) is 0 Å². The number of piperazine rings is 1. The fourth-order valence-corrected chi connectivity index (χ4v) is 2.26. The van der Waals surface area contributed by atoms with E-state index >= 15 is 0 Å². The van der Waals surface area contributed by atoms with E-state index in [-0.39, 0.29) is 17.6 Å². The monoisotopic (exact) mass is 264 g/mol. The number of rotatable bonds is 1. The molecule has 0 saturated carbocycles. The molecule has 1 fully saturated rings. The second-order valence-electron chi connectivity index (χ2n) is 4.76. The molecule has 0 spiro atoms. The van der Waals surface area contributed by atoms with Crippen LogP contribution in [-0.2, 0) is 4.79 Å². The van der Waals surface area contributed by atoms with Crippen molar-refractivity contribution in [2.75, 3.05) is 26.2 Å². The Morgan fingerprint density at radius 2 is 1.68 bits per heavy atom. The molecule has 1 saturated heterocycles. The molecule has 0 radical (unpaired) electrons. The Kier molecular flexibility index (Phi) is 3.83. The van der Waals surface area contributed by atoms with E-state index in [2.05, 4.69) is 0 Å². The first-order valence-corrected chi connectivity index (χ1v) is 6.30. The maximum atomic E-state index is 13.0. The maximum Gasteiger partial charge on any atom is 0.254 e. The molecule has 102 valence electrons. The van der Waals surface area contributed by atoms with E-state index in [9.17, 15) is 14.0 Å². The van der Waals surface area contributed by atoms with Crippen LogP contribution in [0.4, 0.5) is 4.39 Å². The lowest BCUT2D eigenvalue weighted by molar-refractivity contribution is -0.130. The third-order valence-corrected chi connectivity index (χ3v) is 3.43. The van der Waals surface area contributed by atoms with Crippen molar-refractivity contribution in [3.63, 3.8) is 0 Å². The van der Waals surface area contributed by atoms with Gasteiger partial charge in [0.15, 0.2) is 0 Å². The van der Waals surface area contributed by atoms with Gasteiger partial charge >= 0.3 is 0 Å². The van der Waals surface area contributed by atoms with Crippen LogP contribution < -0.4 is 0 Å². The number of amides is 2. The smallest absolute Gasteiger partial charge is 0.254 e. The molecule has 0 N–H and O–H groups in total. The SMILES string of the molecule is CC(=O)N1CCN(C(=O)c2ccc(F)cc2C)CC1. The Hall–Kier alpha value is -1.91. The summed E-state index contributed by atoms with van der Waals surface area (Å²) in [6.07, 6.45) is 0. The van der Waals surface area contributed by atoms with Gasteiger partial charge in [-0.15, -0.1) is 0 Å². The quantitative estimate of drug-likeness (QED) is 0.770. The van der Waals surface area contributed by atoms with Crippen LogP contribution in [-0.4, -0.2) is 47.8 Å². The Morgan fingerprint density at radius 3 is 2.21 bits per heavy atom. The lowest BCUT2D eigenvalue weighted by Crippen LogP contribution is -2.50. The number of halogens is 1. The maximum absolute atomic E-state index is 13.0. The Labute approximate surface area is 111 Å². The molecule has 1 aromatic carbocycles. The van der Waals surface area contributed by atoms with E-state index < -0.39 is 0 Å². The second kappa shape index (κ2) is 5.38. The van der Waals surface area contributed by atoms with Gasteiger partial charge in [-0.25, -0.2) is 4.39 Å². The van der Waals surface area contributed by atoms with Gasteiger partial charge in [-0.05, 0) is 30.7 Å². The molecule has 1 aliphatic heterocycles. The molecule has 0 unspecified atom stereocenters. The van der Waals surface area contributed by atoms with E-state index in [1.54, 1.807) is 16.7 Å². The Morgan fingerprint density at radius 1 is 1.11 bits per heavy atom. The third kappa shape index (κ3) is 2.92. The minimum Gasteiger partial charge on any atom is -0.339 e. The highest BCUT2D eigenvalue weighted by atomic mass is 19.1. The first kappa shape index (κ1) is 13.5. The number of carbonyl (C=O) groups is 2. The van der Waals surface area contributed by atoms with Crippen LogP contribution >= 0.6 is 0 Å². The molecule has 5 heteroatoms. The summed E-state index contributed by atoms with van der Waals surface area (Å²) < 4.78 is 13.0. The third-order valence-electron chi connectivity index (χ3n) is 3.43. The van der Waals surface area contributed by atoms with Gasteiger partial charge in [0.2, 0.25) is 5.91 Å². The van der Waals surface area contributed by atoms with Crippen LogP contribution in [0.3, 0.4) is 0 Å². The van der Waals surface area contributed by atoms with Crippen LogP contribution in [0.15, 0.2) is 18.2 Å². The standard InChI is InChI=1S/C14H17FN2O2/c1-10-9-12(15)3-4-13(10)14(19)17-7-5-16(6-8-17)11(2)18/h3-4,9H,5-8H2,1-2H3. The van der Waals surface area contributed by atoms with Crippen LogP contribution in [0.5, 0.6) is 0 Å². The molecule has 2 amide bonds. The summed E-state index contributed by atoms with van der Waals surface area (Å²) in [6.45, 7) is 5.41. The van der Waals surface area contributed by atoms with E-state index in [1.807, 2.05) is 0 Å². The van der Waals surface area contributed by atoms with Gasteiger partial charge in [0.1, 0.15) is 5.82 Å². The van der Waals surface area contributed by atoms with E-state index in [0.29, 0.717) is 37.3 Å². The van der Waals surface area contributed by atoms with Crippen molar-refractivity contribution in [2.24, 2.45) is 0 Å². The number of benzene rings is 1. The molecule has 1 aliphatic rings. The number of hydrogen-bond acceptors (Lipinski definition) is 2. The zero-order valence-corrected chi connectivity index (χ0v) is 11.1. The summed E-state index contributed by atoms with van der Waals surface area (Å²) in [6, 6.07) is 4.18. The van der Waals surface area contributed by atoms with Gasteiger partial charge in [0.05, 0.1) is 0 Å². The summed E-state index contributed by atoms with van der Waals surface area (Å²) in [7, 11) is 0. The Balaban J connectivity index is 2.07. The fourth-order valence-electron chi connectivity index (χ4n) is 2.26. The summed E-state index contributed by atoms with van der Waals surface area (Å²) in [5.41, 5.74) is 1.16. The zero-order chi connectivity index (χ0) is 14.0. The molecule has 1 heterocycles. The van der Waals surface area contributed by atoms with Crippen molar-refractivity contribution >= 4 is 11.8 Å². The van der Waals surface area contributed by atoms with Gasteiger partial charge in [-0.1, -0.05) is 0 Å². The summed E-state index contributed by atoms with van der Waals surface area (Å²) in [5, 5.41) is 0. The van der Waals surface area contributed by atoms with Gasteiger partial charge in [-0.3, -0.25) is 9.59 Å². The molecule has 19 heavy (non-hydrogen) atoms. The first-order valence-electron chi connectivity index (χ1n) is 6.30. The van der Waals surface area contributed by atoms with Crippen molar-refractivity contribution in [3.8, 4) is 0 Å². The zero-order valence-electron chi connectivity index (χ0n) is 11.1. The molecular formula is C14H17FN2O2. The van der Waals surface area contributed by atoms with E-state index in [1.165, 1.54) is 25.1 Å². The molecule has 4 nitrogen and oxygen atoms in total. The van der Waals surface area contributed by atoms with Crippen molar-refractivity contribution in [2.45, 2.75) is 13.8 Å². The summed E-state index contributed by atoms with van der Waals surface area (Å²) in [5.74, 6) is -0.402. The van der Waals surface area contributed by atoms with Crippen LogP contribution in [0, 0.1) is 12.7 Å². The highest BCUT2D eigenvalue weighted by molar-refractivity contribution is 5.95. The fraction of sp³-hybridized carbons (Fsp3) is 0.429. The molecule has 0 atom stereocenters. The minimum absolute atomic E-state index is 0.0325. The van der Waals surface area contributed by atoms with Crippen molar-refractivity contribution < 1.29 is 14.0 Å². The normalized spacial score (nSPS) is 15.5. The average Bonchev–Trinajstić information content (AvgIpc) is 2.38. The molecule has 1 aromatic rings. The lowest BCUT2D eigenvalue weighted by atomic mass is 10.1. The van der Waals surface area contributed by atoms with Crippen LogP contribution in [0.2, 0.25) is 0 Å². The van der Waals surface area contributed by atoms with Gasteiger partial charge in [0, 0.05) is 38.7 Å². The minimum atomic E-state index is -0.338. The van der Waals surface area contributed by atoms with Crippen LogP contribution in [0.1, 0.15) is 22.8 Å². The van der Waals surface area contributed by atoms with Crippen LogP contribution in [0.25, 0.3) is 0 Å². The first-order chi connectivity index (χ1) is 8.99. The average molecular weight is 264 g/mol. The molecular weight excluding hydrogens is 247 g/mol. The molecule has 0 aromatic heterocycles. The van der Waals surface area contributed by atoms with Crippen molar-refractivity contribution in [1.82, 2.24) is 9.80 Å². The largest absolute Gasteiger partial charge is 0.339 e. The molecule has 2 rings (SSSR count). The van der Waals surface area contributed by atoms with Gasteiger partial charge in [0.25, 0.3) is 5.91 Å². The predicted octanol–water partition coefficient (Wildman–Crippen LogP) is 1.44. The molecule has 0 bridgehead atoms.